The van der Waals surface area contributed by atoms with Crippen LogP contribution in [0.4, 0.5) is 0 Å². The van der Waals surface area contributed by atoms with Crippen molar-refractivity contribution in [2.24, 2.45) is 0 Å². The molecule has 0 bridgehead atoms. The summed E-state index contributed by atoms with van der Waals surface area (Å²) in [6.07, 6.45) is 3.99. The van der Waals surface area contributed by atoms with Crippen molar-refractivity contribution < 1.29 is 9.53 Å². The van der Waals surface area contributed by atoms with E-state index in [-0.39, 0.29) is 5.91 Å². The molecule has 2 heterocycles. The van der Waals surface area contributed by atoms with Gasteiger partial charge in [0.1, 0.15) is 6.73 Å². The normalized spacial score (nSPS) is 15.7. The molecule has 1 aliphatic rings. The first-order valence-electron chi connectivity index (χ1n) is 7.43. The molecule has 112 valence electrons. The van der Waals surface area contributed by atoms with E-state index in [2.05, 4.69) is 29.5 Å². The highest BCUT2D eigenvalue weighted by atomic mass is 28.3. The summed E-state index contributed by atoms with van der Waals surface area (Å²) in [7, 11) is -1.04. The third-order valence-electron chi connectivity index (χ3n) is 3.71. The number of nitrogens with one attached hydrogen (secondary N) is 1. The fourth-order valence-electron chi connectivity index (χ4n) is 2.53. The number of aryl methyl sites for hydroxylation is 1. The summed E-state index contributed by atoms with van der Waals surface area (Å²) in [5.74, 6) is 0.0656. The largest absolute Gasteiger partial charge is 0.361 e. The van der Waals surface area contributed by atoms with Crippen LogP contribution < -0.4 is 5.32 Å². The highest BCUT2D eigenvalue weighted by molar-refractivity contribution is 6.76. The van der Waals surface area contributed by atoms with Gasteiger partial charge in [-0.3, -0.25) is 4.79 Å². The zero-order chi connectivity index (χ0) is 14.8. The van der Waals surface area contributed by atoms with E-state index >= 15 is 0 Å². The van der Waals surface area contributed by atoms with Crippen LogP contribution in [0.25, 0.3) is 0 Å². The zero-order valence-electron chi connectivity index (χ0n) is 13.1. The molecule has 1 aromatic rings. The number of carbonyl (C=O) groups excluding carboxylic acids is 1. The molecule has 1 aromatic heterocycles. The number of hydrogen-bond acceptors (Lipinski definition) is 2. The van der Waals surface area contributed by atoms with Crippen LogP contribution in [-0.4, -0.2) is 31.7 Å². The van der Waals surface area contributed by atoms with Crippen LogP contribution in [-0.2, 0) is 17.9 Å². The molecule has 2 rings (SSSR count). The lowest BCUT2D eigenvalue weighted by molar-refractivity contribution is 0.0853. The summed E-state index contributed by atoms with van der Waals surface area (Å²) >= 11 is 0. The predicted molar refractivity (Wildman–Crippen MR) is 83.9 cm³/mol. The van der Waals surface area contributed by atoms with Crippen molar-refractivity contribution in [3.8, 4) is 0 Å². The Balaban J connectivity index is 2.02. The molecular formula is C15H26N2O2Si. The number of aromatic nitrogens is 1. The maximum absolute atomic E-state index is 12.0. The summed E-state index contributed by atoms with van der Waals surface area (Å²) in [6, 6.07) is 1.18. The molecule has 1 aliphatic heterocycles. The van der Waals surface area contributed by atoms with Crippen LogP contribution in [0.15, 0.2) is 6.20 Å². The Morgan fingerprint density at radius 2 is 2.15 bits per heavy atom. The van der Waals surface area contributed by atoms with Crippen LogP contribution >= 0.6 is 0 Å². The standard InChI is InChI=1S/C15H26N2O2Si/c1-12-10-17(11-19-8-9-20(2,3)4)13-6-5-7-16-15(18)14(12)13/h10H,5-9,11H2,1-4H3,(H,16,18). The van der Waals surface area contributed by atoms with Crippen LogP contribution in [0.3, 0.4) is 0 Å². The first-order valence-corrected chi connectivity index (χ1v) is 11.1. The van der Waals surface area contributed by atoms with Gasteiger partial charge in [-0.25, -0.2) is 0 Å². The Labute approximate surface area is 122 Å². The molecule has 1 N–H and O–H groups in total. The van der Waals surface area contributed by atoms with Crippen molar-refractivity contribution in [1.29, 1.82) is 0 Å². The molecule has 0 spiro atoms. The van der Waals surface area contributed by atoms with Gasteiger partial charge in [0, 0.05) is 33.1 Å². The molecule has 0 saturated carbocycles. The highest BCUT2D eigenvalue weighted by Gasteiger charge is 2.22. The topological polar surface area (TPSA) is 43.3 Å². The lowest BCUT2D eigenvalue weighted by Crippen LogP contribution is -2.23. The molecule has 0 unspecified atom stereocenters. The molecule has 0 aromatic carbocycles. The third-order valence-corrected chi connectivity index (χ3v) is 5.41. The van der Waals surface area contributed by atoms with Gasteiger partial charge in [0.2, 0.25) is 0 Å². The van der Waals surface area contributed by atoms with Gasteiger partial charge in [0.15, 0.2) is 0 Å². The molecule has 5 heteroatoms. The molecule has 0 fully saturated rings. The van der Waals surface area contributed by atoms with Gasteiger partial charge in [-0.05, 0) is 31.4 Å². The minimum Gasteiger partial charge on any atom is -0.361 e. The number of rotatable bonds is 5. The molecular weight excluding hydrogens is 268 g/mol. The zero-order valence-corrected chi connectivity index (χ0v) is 14.1. The monoisotopic (exact) mass is 294 g/mol. The van der Waals surface area contributed by atoms with Gasteiger partial charge in [-0.2, -0.15) is 0 Å². The van der Waals surface area contributed by atoms with Crippen molar-refractivity contribution in [2.45, 2.75) is 52.2 Å². The van der Waals surface area contributed by atoms with Gasteiger partial charge in [-0.1, -0.05) is 19.6 Å². The van der Waals surface area contributed by atoms with E-state index in [0.29, 0.717) is 6.73 Å². The molecule has 1 amide bonds. The first kappa shape index (κ1) is 15.3. The Kier molecular flexibility index (Phi) is 4.70. The minimum absolute atomic E-state index is 0.0656. The maximum atomic E-state index is 12.0. The SMILES string of the molecule is Cc1cn(COCC[Si](C)(C)C)c2c1C(=O)NCCC2. The van der Waals surface area contributed by atoms with Gasteiger partial charge < -0.3 is 14.6 Å². The van der Waals surface area contributed by atoms with E-state index < -0.39 is 8.07 Å². The second-order valence-electron chi connectivity index (χ2n) is 6.81. The maximum Gasteiger partial charge on any atom is 0.253 e. The first-order chi connectivity index (χ1) is 9.38. The second-order valence-corrected chi connectivity index (χ2v) is 12.4. The summed E-state index contributed by atoms with van der Waals surface area (Å²) in [5, 5.41) is 2.95. The lowest BCUT2D eigenvalue weighted by atomic mass is 10.1. The predicted octanol–water partition coefficient (Wildman–Crippen LogP) is 2.78. The number of amides is 1. The number of carbonyl (C=O) groups is 1. The third kappa shape index (κ3) is 3.73. The van der Waals surface area contributed by atoms with Crippen molar-refractivity contribution >= 4 is 14.0 Å². The van der Waals surface area contributed by atoms with Gasteiger partial charge in [0.05, 0.1) is 5.56 Å². The van der Waals surface area contributed by atoms with Crippen LogP contribution in [0, 0.1) is 6.92 Å². The fourth-order valence-corrected chi connectivity index (χ4v) is 3.29. The second kappa shape index (κ2) is 6.14. The van der Waals surface area contributed by atoms with Crippen molar-refractivity contribution in [2.75, 3.05) is 13.2 Å². The van der Waals surface area contributed by atoms with Gasteiger partial charge >= 0.3 is 0 Å². The van der Waals surface area contributed by atoms with Gasteiger partial charge in [0.25, 0.3) is 5.91 Å². The summed E-state index contributed by atoms with van der Waals surface area (Å²) in [4.78, 5) is 12.0. The highest BCUT2D eigenvalue weighted by Crippen LogP contribution is 2.21. The lowest BCUT2D eigenvalue weighted by Gasteiger charge is -2.16. The number of nitrogens with zero attached hydrogens (tertiary/aromatic N) is 1. The van der Waals surface area contributed by atoms with E-state index in [1.165, 1.54) is 6.04 Å². The molecule has 0 atom stereocenters. The average molecular weight is 294 g/mol. The van der Waals surface area contributed by atoms with E-state index in [9.17, 15) is 4.79 Å². The Hall–Kier alpha value is -1.07. The van der Waals surface area contributed by atoms with Crippen LogP contribution in [0.2, 0.25) is 25.7 Å². The van der Waals surface area contributed by atoms with E-state index in [4.69, 9.17) is 4.74 Å². The van der Waals surface area contributed by atoms with Crippen molar-refractivity contribution in [1.82, 2.24) is 9.88 Å². The van der Waals surface area contributed by atoms with E-state index in [1.54, 1.807) is 0 Å². The fraction of sp³-hybridized carbons (Fsp3) is 0.667. The van der Waals surface area contributed by atoms with Gasteiger partial charge in [-0.15, -0.1) is 0 Å². The average Bonchev–Trinajstić information content (AvgIpc) is 2.52. The minimum atomic E-state index is -1.04. The van der Waals surface area contributed by atoms with Crippen molar-refractivity contribution in [3.05, 3.63) is 23.0 Å². The van der Waals surface area contributed by atoms with E-state index in [1.807, 2.05) is 13.1 Å². The Morgan fingerprint density at radius 3 is 2.85 bits per heavy atom. The summed E-state index contributed by atoms with van der Waals surface area (Å²) in [5.41, 5.74) is 3.04. The summed E-state index contributed by atoms with van der Waals surface area (Å²) < 4.78 is 7.93. The van der Waals surface area contributed by atoms with E-state index in [0.717, 1.165) is 42.8 Å². The molecule has 0 saturated heterocycles. The van der Waals surface area contributed by atoms with Crippen molar-refractivity contribution in [3.63, 3.8) is 0 Å². The Bertz CT molecular complexity index is 489. The van der Waals surface area contributed by atoms with Crippen LogP contribution in [0.5, 0.6) is 0 Å². The number of ether oxygens (including phenoxy) is 1. The summed E-state index contributed by atoms with van der Waals surface area (Å²) in [6.45, 7) is 11.2. The van der Waals surface area contributed by atoms with Crippen LogP contribution in [0.1, 0.15) is 28.0 Å². The quantitative estimate of drug-likeness (QED) is 0.670. The Morgan fingerprint density at radius 1 is 1.40 bits per heavy atom. The molecule has 0 aliphatic carbocycles. The molecule has 4 nitrogen and oxygen atoms in total. The number of fused-ring (bicyclic) bond motifs is 1. The smallest absolute Gasteiger partial charge is 0.253 e. The molecule has 0 radical (unpaired) electrons. The molecule has 20 heavy (non-hydrogen) atoms. The number of hydrogen-bond donors (Lipinski definition) is 1.